The van der Waals surface area contributed by atoms with Gasteiger partial charge in [-0.05, 0) is 29.8 Å². The number of nitrogens with zero attached hydrogens (tertiary/aromatic N) is 2. The molecule has 33 heavy (non-hydrogen) atoms. The molecule has 4 rings (SSSR count). The standard InChI is InChI=1S/C23H25N3O7/c24-18(27)14-33-16-5-3-15(4-6-16)20-19(21(28)17-2-1-11-32-17)22(29)23(30)26(20)8-7-25-9-12-31-13-10-25/h1-6,11,20,29H,7-10,12-14H2,(H2,24,27). The third-order valence-corrected chi connectivity index (χ3v) is 5.63. The first-order valence-corrected chi connectivity index (χ1v) is 10.6. The van der Waals surface area contributed by atoms with Crippen LogP contribution >= 0.6 is 0 Å². The summed E-state index contributed by atoms with van der Waals surface area (Å²) in [4.78, 5) is 40.8. The van der Waals surface area contributed by atoms with Crippen molar-refractivity contribution in [3.8, 4) is 5.75 Å². The average Bonchev–Trinajstić information content (AvgIpc) is 3.45. The van der Waals surface area contributed by atoms with Gasteiger partial charge in [0.05, 0.1) is 31.1 Å². The van der Waals surface area contributed by atoms with Crippen LogP contribution in [0.1, 0.15) is 22.2 Å². The minimum absolute atomic E-state index is 0.0331. The zero-order valence-electron chi connectivity index (χ0n) is 17.9. The van der Waals surface area contributed by atoms with Crippen LogP contribution in [0.4, 0.5) is 0 Å². The first-order chi connectivity index (χ1) is 16.0. The third kappa shape index (κ3) is 4.91. The van der Waals surface area contributed by atoms with Crippen molar-refractivity contribution in [3.63, 3.8) is 0 Å². The molecule has 0 spiro atoms. The summed E-state index contributed by atoms with van der Waals surface area (Å²) >= 11 is 0. The van der Waals surface area contributed by atoms with Gasteiger partial charge in [0.2, 0.25) is 5.78 Å². The largest absolute Gasteiger partial charge is 0.503 e. The van der Waals surface area contributed by atoms with Crippen LogP contribution in [0, 0.1) is 0 Å². The van der Waals surface area contributed by atoms with E-state index in [4.69, 9.17) is 19.6 Å². The molecule has 1 fully saturated rings. The molecule has 174 valence electrons. The number of carbonyl (C=O) groups excluding carboxylic acids is 3. The lowest BCUT2D eigenvalue weighted by atomic mass is 9.95. The Morgan fingerprint density at radius 3 is 2.48 bits per heavy atom. The van der Waals surface area contributed by atoms with Crippen molar-refractivity contribution < 1.29 is 33.4 Å². The van der Waals surface area contributed by atoms with Crippen LogP contribution in [0.2, 0.25) is 0 Å². The molecule has 10 heteroatoms. The maximum atomic E-state index is 13.2. The van der Waals surface area contributed by atoms with Crippen molar-refractivity contribution in [1.29, 1.82) is 0 Å². The van der Waals surface area contributed by atoms with E-state index < -0.39 is 29.4 Å². The SMILES string of the molecule is NC(=O)COc1ccc(C2C(C(=O)c3ccco3)=C(O)C(=O)N2CCN2CCOCC2)cc1. The number of nitrogens with two attached hydrogens (primary N) is 1. The Labute approximate surface area is 190 Å². The maximum Gasteiger partial charge on any atom is 0.290 e. The Hall–Kier alpha value is -3.63. The highest BCUT2D eigenvalue weighted by atomic mass is 16.5. The molecule has 1 aromatic carbocycles. The molecule has 2 aromatic rings. The highest BCUT2D eigenvalue weighted by Gasteiger charge is 2.44. The lowest BCUT2D eigenvalue weighted by molar-refractivity contribution is -0.129. The number of rotatable bonds is 9. The summed E-state index contributed by atoms with van der Waals surface area (Å²) in [7, 11) is 0. The number of hydrogen-bond donors (Lipinski definition) is 2. The maximum absolute atomic E-state index is 13.2. The van der Waals surface area contributed by atoms with E-state index >= 15 is 0 Å². The van der Waals surface area contributed by atoms with Gasteiger partial charge in [-0.15, -0.1) is 0 Å². The van der Waals surface area contributed by atoms with Crippen LogP contribution in [0.3, 0.4) is 0 Å². The number of ketones is 1. The minimum atomic E-state index is -0.804. The van der Waals surface area contributed by atoms with E-state index in [1.54, 1.807) is 30.3 Å². The van der Waals surface area contributed by atoms with E-state index in [-0.39, 0.29) is 17.9 Å². The predicted octanol–water partition coefficient (Wildman–Crippen LogP) is 1.05. The number of amides is 2. The monoisotopic (exact) mass is 455 g/mol. The Morgan fingerprint density at radius 2 is 1.85 bits per heavy atom. The highest BCUT2D eigenvalue weighted by Crippen LogP contribution is 2.39. The quantitative estimate of drug-likeness (QED) is 0.536. The van der Waals surface area contributed by atoms with Gasteiger partial charge in [0, 0.05) is 26.2 Å². The molecule has 1 unspecified atom stereocenters. The van der Waals surface area contributed by atoms with Gasteiger partial charge in [-0.3, -0.25) is 19.3 Å². The van der Waals surface area contributed by atoms with Crippen molar-refractivity contribution in [2.75, 3.05) is 46.0 Å². The number of hydrogen-bond acceptors (Lipinski definition) is 8. The molecular weight excluding hydrogens is 430 g/mol. The second-order valence-electron chi connectivity index (χ2n) is 7.75. The van der Waals surface area contributed by atoms with Crippen molar-refractivity contribution >= 4 is 17.6 Å². The number of carbonyl (C=O) groups is 3. The number of morpholine rings is 1. The second kappa shape index (κ2) is 9.88. The lowest BCUT2D eigenvalue weighted by Crippen LogP contribution is -2.43. The fourth-order valence-electron chi connectivity index (χ4n) is 3.98. The fraction of sp³-hybridized carbons (Fsp3) is 0.348. The zero-order valence-corrected chi connectivity index (χ0v) is 17.9. The van der Waals surface area contributed by atoms with Crippen LogP contribution in [0.25, 0.3) is 0 Å². The molecule has 2 aliphatic rings. The lowest BCUT2D eigenvalue weighted by Gasteiger charge is -2.31. The average molecular weight is 455 g/mol. The van der Waals surface area contributed by atoms with Gasteiger partial charge in [-0.1, -0.05) is 12.1 Å². The topological polar surface area (TPSA) is 136 Å². The molecule has 2 aliphatic heterocycles. The number of primary amides is 1. The highest BCUT2D eigenvalue weighted by molar-refractivity contribution is 6.15. The summed E-state index contributed by atoms with van der Waals surface area (Å²) in [5, 5.41) is 10.7. The van der Waals surface area contributed by atoms with Crippen LogP contribution in [0.15, 0.2) is 58.4 Å². The molecule has 0 saturated carbocycles. The van der Waals surface area contributed by atoms with Crippen molar-refractivity contribution in [3.05, 3.63) is 65.3 Å². The van der Waals surface area contributed by atoms with Gasteiger partial charge in [0.15, 0.2) is 18.1 Å². The van der Waals surface area contributed by atoms with E-state index in [1.807, 2.05) is 0 Å². The van der Waals surface area contributed by atoms with Crippen LogP contribution < -0.4 is 10.5 Å². The van der Waals surface area contributed by atoms with Crippen molar-refractivity contribution in [2.45, 2.75) is 6.04 Å². The molecule has 3 heterocycles. The van der Waals surface area contributed by atoms with Crippen molar-refractivity contribution in [1.82, 2.24) is 9.80 Å². The molecule has 0 aliphatic carbocycles. The van der Waals surface area contributed by atoms with Gasteiger partial charge >= 0.3 is 0 Å². The summed E-state index contributed by atoms with van der Waals surface area (Å²) in [6, 6.07) is 8.86. The molecule has 10 nitrogen and oxygen atoms in total. The summed E-state index contributed by atoms with van der Waals surface area (Å²) < 4.78 is 15.9. The van der Waals surface area contributed by atoms with E-state index in [0.717, 1.165) is 13.1 Å². The first kappa shape index (κ1) is 22.6. The van der Waals surface area contributed by atoms with E-state index in [9.17, 15) is 19.5 Å². The molecular formula is C23H25N3O7. The Morgan fingerprint density at radius 1 is 1.12 bits per heavy atom. The van der Waals surface area contributed by atoms with Gasteiger partial charge < -0.3 is 29.6 Å². The molecule has 1 saturated heterocycles. The Bertz CT molecular complexity index is 1040. The van der Waals surface area contributed by atoms with E-state index in [0.29, 0.717) is 37.6 Å². The molecule has 0 radical (unpaired) electrons. The van der Waals surface area contributed by atoms with E-state index in [1.165, 1.54) is 17.2 Å². The van der Waals surface area contributed by atoms with Gasteiger partial charge in [0.25, 0.3) is 11.8 Å². The normalized spacial score (nSPS) is 19.2. The fourth-order valence-corrected chi connectivity index (χ4v) is 3.98. The first-order valence-electron chi connectivity index (χ1n) is 10.6. The van der Waals surface area contributed by atoms with E-state index in [2.05, 4.69) is 4.90 Å². The van der Waals surface area contributed by atoms with Gasteiger partial charge in [0.1, 0.15) is 5.75 Å². The van der Waals surface area contributed by atoms with Gasteiger partial charge in [-0.2, -0.15) is 0 Å². The second-order valence-corrected chi connectivity index (χ2v) is 7.75. The number of aliphatic hydroxyl groups is 1. The van der Waals surface area contributed by atoms with Crippen molar-refractivity contribution in [2.24, 2.45) is 5.73 Å². The number of Topliss-reactive ketones (excluding diaryl/α,β-unsaturated/α-hetero) is 1. The molecule has 1 atom stereocenters. The number of aliphatic hydroxyl groups excluding tert-OH is 1. The molecule has 0 bridgehead atoms. The Kier molecular flexibility index (Phi) is 6.76. The molecule has 1 aromatic heterocycles. The Balaban J connectivity index is 1.62. The van der Waals surface area contributed by atoms with Gasteiger partial charge in [-0.25, -0.2) is 0 Å². The summed E-state index contributed by atoms with van der Waals surface area (Å²) in [5.74, 6) is -1.91. The number of benzene rings is 1. The summed E-state index contributed by atoms with van der Waals surface area (Å²) in [6.45, 7) is 3.34. The smallest absolute Gasteiger partial charge is 0.290 e. The minimum Gasteiger partial charge on any atom is -0.503 e. The summed E-state index contributed by atoms with van der Waals surface area (Å²) in [6.07, 6.45) is 1.36. The number of furan rings is 1. The third-order valence-electron chi connectivity index (χ3n) is 5.63. The van der Waals surface area contributed by atoms with Crippen LogP contribution in [0.5, 0.6) is 5.75 Å². The number of ether oxygens (including phenoxy) is 2. The predicted molar refractivity (Wildman–Crippen MR) is 116 cm³/mol. The summed E-state index contributed by atoms with van der Waals surface area (Å²) in [5.41, 5.74) is 5.68. The molecule has 3 N–H and O–H groups in total. The molecule has 2 amide bonds. The van der Waals surface area contributed by atoms with Crippen LogP contribution in [-0.4, -0.2) is 78.5 Å². The van der Waals surface area contributed by atoms with Crippen LogP contribution in [-0.2, 0) is 14.3 Å². The zero-order chi connectivity index (χ0) is 23.4.